The van der Waals surface area contributed by atoms with E-state index in [0.717, 1.165) is 16.3 Å². The van der Waals surface area contributed by atoms with Crippen molar-refractivity contribution in [3.05, 3.63) is 89.7 Å². The minimum atomic E-state index is -0.296. The highest BCUT2D eigenvalue weighted by Crippen LogP contribution is 2.34. The van der Waals surface area contributed by atoms with Gasteiger partial charge >= 0.3 is 6.01 Å². The van der Waals surface area contributed by atoms with Gasteiger partial charge in [0.2, 0.25) is 0 Å². The first-order chi connectivity index (χ1) is 15.2. The van der Waals surface area contributed by atoms with Gasteiger partial charge in [-0.05, 0) is 66.4 Å². The maximum atomic E-state index is 13.5. The van der Waals surface area contributed by atoms with Crippen molar-refractivity contribution in [1.82, 2.24) is 19.9 Å². The van der Waals surface area contributed by atoms with Crippen molar-refractivity contribution in [3.8, 4) is 45.1 Å². The number of imidazole rings is 1. The normalized spacial score (nSPS) is 10.9. The molecule has 0 amide bonds. The molecule has 0 saturated carbocycles. The Kier molecular flexibility index (Phi) is 5.01. The third-order valence-electron chi connectivity index (χ3n) is 4.63. The van der Waals surface area contributed by atoms with Gasteiger partial charge < -0.3 is 9.72 Å². The van der Waals surface area contributed by atoms with Crippen LogP contribution < -0.4 is 4.74 Å². The molecular formula is C24H17FN4OS. The van der Waals surface area contributed by atoms with E-state index in [-0.39, 0.29) is 11.8 Å². The number of aromatic nitrogens is 4. The number of benzene rings is 2. The van der Waals surface area contributed by atoms with Gasteiger partial charge in [0.15, 0.2) is 0 Å². The van der Waals surface area contributed by atoms with E-state index < -0.39 is 0 Å². The molecule has 31 heavy (non-hydrogen) atoms. The average molecular weight is 428 g/mol. The lowest BCUT2D eigenvalue weighted by Gasteiger charge is -2.06. The lowest BCUT2D eigenvalue weighted by atomic mass is 10.1. The Hall–Kier alpha value is -3.84. The number of ether oxygens (including phenoxy) is 1. The quantitative estimate of drug-likeness (QED) is 0.347. The Labute approximate surface area is 182 Å². The van der Waals surface area contributed by atoms with E-state index in [1.807, 2.05) is 37.3 Å². The Bertz CT molecular complexity index is 1330. The summed E-state index contributed by atoms with van der Waals surface area (Å²) in [5.41, 5.74) is 3.99. The summed E-state index contributed by atoms with van der Waals surface area (Å²) in [5, 5.41) is 2.07. The largest absolute Gasteiger partial charge is 0.424 e. The molecule has 5 aromatic rings. The first-order valence-corrected chi connectivity index (χ1v) is 10.5. The second kappa shape index (κ2) is 8.12. The standard InChI is InChI=1S/C24H17FN4OS/c1-15-13-20(31-14-15)23-28-21(16-7-9-17(25)10-8-16)22(29-23)19-11-12-26-24(27-19)30-18-5-3-2-4-6-18/h2-14H,1H3,(H,28,29). The van der Waals surface area contributed by atoms with Crippen LogP contribution in [0.5, 0.6) is 11.8 Å². The Balaban J connectivity index is 1.60. The van der Waals surface area contributed by atoms with Crippen LogP contribution in [0, 0.1) is 12.7 Å². The fraction of sp³-hybridized carbons (Fsp3) is 0.0417. The van der Waals surface area contributed by atoms with Crippen molar-refractivity contribution in [3.63, 3.8) is 0 Å². The summed E-state index contributed by atoms with van der Waals surface area (Å²) < 4.78 is 19.3. The number of nitrogens with one attached hydrogen (secondary N) is 1. The second-order valence-electron chi connectivity index (χ2n) is 6.94. The molecule has 0 atom stereocenters. The summed E-state index contributed by atoms with van der Waals surface area (Å²) in [4.78, 5) is 18.0. The van der Waals surface area contributed by atoms with Crippen LogP contribution in [0.4, 0.5) is 4.39 Å². The Morgan fingerprint density at radius 2 is 1.77 bits per heavy atom. The van der Waals surface area contributed by atoms with E-state index in [0.29, 0.717) is 22.8 Å². The number of hydrogen-bond donors (Lipinski definition) is 1. The van der Waals surface area contributed by atoms with E-state index >= 15 is 0 Å². The summed E-state index contributed by atoms with van der Waals surface area (Å²) in [5.74, 6) is 1.09. The van der Waals surface area contributed by atoms with Crippen LogP contribution in [-0.4, -0.2) is 19.9 Å². The van der Waals surface area contributed by atoms with Crippen molar-refractivity contribution in [2.75, 3.05) is 0 Å². The highest BCUT2D eigenvalue weighted by molar-refractivity contribution is 7.13. The van der Waals surface area contributed by atoms with Crippen LogP contribution in [0.15, 0.2) is 78.3 Å². The zero-order chi connectivity index (χ0) is 21.2. The Morgan fingerprint density at radius 1 is 0.968 bits per heavy atom. The molecule has 2 aromatic carbocycles. The van der Waals surface area contributed by atoms with E-state index in [1.54, 1.807) is 35.7 Å². The molecular weight excluding hydrogens is 411 g/mol. The summed E-state index contributed by atoms with van der Waals surface area (Å²) in [6.07, 6.45) is 1.64. The molecule has 152 valence electrons. The summed E-state index contributed by atoms with van der Waals surface area (Å²) >= 11 is 1.61. The maximum Gasteiger partial charge on any atom is 0.322 e. The number of para-hydroxylation sites is 1. The number of aromatic amines is 1. The summed E-state index contributed by atoms with van der Waals surface area (Å²) in [6, 6.07) is 19.7. The molecule has 0 spiro atoms. The Morgan fingerprint density at radius 3 is 2.52 bits per heavy atom. The zero-order valence-electron chi connectivity index (χ0n) is 16.5. The van der Waals surface area contributed by atoms with Gasteiger partial charge in [-0.25, -0.2) is 14.4 Å². The predicted molar refractivity (Wildman–Crippen MR) is 120 cm³/mol. The number of nitrogens with zero attached hydrogens (tertiary/aromatic N) is 3. The number of hydrogen-bond acceptors (Lipinski definition) is 5. The van der Waals surface area contributed by atoms with Crippen LogP contribution in [0.3, 0.4) is 0 Å². The molecule has 0 aliphatic rings. The zero-order valence-corrected chi connectivity index (χ0v) is 17.4. The molecule has 5 rings (SSSR count). The first kappa shape index (κ1) is 19.1. The van der Waals surface area contributed by atoms with E-state index in [9.17, 15) is 4.39 Å². The van der Waals surface area contributed by atoms with Gasteiger partial charge in [0.1, 0.15) is 17.4 Å². The van der Waals surface area contributed by atoms with E-state index in [2.05, 4.69) is 26.4 Å². The van der Waals surface area contributed by atoms with Gasteiger partial charge in [0, 0.05) is 11.8 Å². The predicted octanol–water partition coefficient (Wildman–Crippen LogP) is 6.50. The van der Waals surface area contributed by atoms with Crippen molar-refractivity contribution in [2.24, 2.45) is 0 Å². The lowest BCUT2D eigenvalue weighted by molar-refractivity contribution is 0.442. The third-order valence-corrected chi connectivity index (χ3v) is 5.68. The summed E-state index contributed by atoms with van der Waals surface area (Å²) in [6.45, 7) is 2.04. The molecule has 1 N–H and O–H groups in total. The molecule has 5 nitrogen and oxygen atoms in total. The minimum absolute atomic E-state index is 0.233. The van der Waals surface area contributed by atoms with Crippen LogP contribution in [0.1, 0.15) is 5.56 Å². The van der Waals surface area contributed by atoms with Gasteiger partial charge in [0.25, 0.3) is 0 Å². The van der Waals surface area contributed by atoms with Crippen molar-refractivity contribution in [1.29, 1.82) is 0 Å². The van der Waals surface area contributed by atoms with Gasteiger partial charge in [-0.3, -0.25) is 0 Å². The molecule has 3 aromatic heterocycles. The van der Waals surface area contributed by atoms with Crippen molar-refractivity contribution >= 4 is 11.3 Å². The molecule has 0 unspecified atom stereocenters. The first-order valence-electron chi connectivity index (χ1n) is 9.63. The molecule has 0 fully saturated rings. The van der Waals surface area contributed by atoms with E-state index in [4.69, 9.17) is 9.72 Å². The minimum Gasteiger partial charge on any atom is -0.424 e. The van der Waals surface area contributed by atoms with Gasteiger partial charge in [-0.15, -0.1) is 11.3 Å². The topological polar surface area (TPSA) is 63.7 Å². The molecule has 0 aliphatic carbocycles. The van der Waals surface area contributed by atoms with Gasteiger partial charge in [-0.1, -0.05) is 18.2 Å². The fourth-order valence-electron chi connectivity index (χ4n) is 3.17. The smallest absolute Gasteiger partial charge is 0.322 e. The lowest BCUT2D eigenvalue weighted by Crippen LogP contribution is -1.94. The highest BCUT2D eigenvalue weighted by atomic mass is 32.1. The molecule has 0 saturated heterocycles. The van der Waals surface area contributed by atoms with Crippen LogP contribution >= 0.6 is 11.3 Å². The molecule has 3 heterocycles. The van der Waals surface area contributed by atoms with Crippen LogP contribution in [-0.2, 0) is 0 Å². The third kappa shape index (κ3) is 4.08. The summed E-state index contributed by atoms with van der Waals surface area (Å²) in [7, 11) is 0. The number of aryl methyl sites for hydroxylation is 1. The van der Waals surface area contributed by atoms with Crippen LogP contribution in [0.25, 0.3) is 33.3 Å². The fourth-order valence-corrected chi connectivity index (χ4v) is 4.01. The monoisotopic (exact) mass is 428 g/mol. The second-order valence-corrected chi connectivity index (χ2v) is 7.86. The molecule has 0 radical (unpaired) electrons. The maximum absolute atomic E-state index is 13.5. The van der Waals surface area contributed by atoms with Gasteiger partial charge in [0.05, 0.1) is 22.0 Å². The number of halogens is 1. The van der Waals surface area contributed by atoms with Crippen LogP contribution in [0.2, 0.25) is 0 Å². The van der Waals surface area contributed by atoms with Crippen molar-refractivity contribution < 1.29 is 9.13 Å². The number of rotatable bonds is 5. The number of thiophene rings is 1. The van der Waals surface area contributed by atoms with Crippen molar-refractivity contribution in [2.45, 2.75) is 6.92 Å². The molecule has 7 heteroatoms. The SMILES string of the molecule is Cc1csc(-c2nc(-c3ccc(F)cc3)c(-c3ccnc(Oc4ccccc4)n3)[nH]2)c1. The van der Waals surface area contributed by atoms with Gasteiger partial charge in [-0.2, -0.15) is 4.98 Å². The molecule has 0 bridgehead atoms. The number of H-pyrrole nitrogens is 1. The molecule has 0 aliphatic heterocycles. The average Bonchev–Trinajstić information content (AvgIpc) is 3.42. The highest BCUT2D eigenvalue weighted by Gasteiger charge is 2.18. The van der Waals surface area contributed by atoms with E-state index in [1.165, 1.54) is 17.7 Å².